The van der Waals surface area contributed by atoms with E-state index >= 15 is 0 Å². The first kappa shape index (κ1) is 14.6. The van der Waals surface area contributed by atoms with Gasteiger partial charge in [-0.05, 0) is 25.7 Å². The zero-order valence-electron chi connectivity index (χ0n) is 11.8. The molecule has 1 heterocycles. The minimum atomic E-state index is -0.801. The van der Waals surface area contributed by atoms with Crippen molar-refractivity contribution < 1.29 is 14.7 Å². The third-order valence-electron chi connectivity index (χ3n) is 3.57. The Kier molecular flexibility index (Phi) is 4.76. The number of imidazole rings is 1. The van der Waals surface area contributed by atoms with Crippen LogP contribution < -0.4 is 0 Å². The zero-order valence-corrected chi connectivity index (χ0v) is 11.8. The lowest BCUT2D eigenvalue weighted by Gasteiger charge is -2.22. The topological polar surface area (TPSA) is 75.4 Å². The summed E-state index contributed by atoms with van der Waals surface area (Å²) < 4.78 is 1.92. The van der Waals surface area contributed by atoms with Gasteiger partial charge in [-0.1, -0.05) is 0 Å². The number of unbranched alkanes of at least 4 members (excludes halogenated alkanes) is 1. The van der Waals surface area contributed by atoms with Crippen molar-refractivity contribution >= 4 is 11.9 Å². The van der Waals surface area contributed by atoms with Crippen molar-refractivity contribution in [2.45, 2.75) is 51.1 Å². The molecule has 0 unspecified atom stereocenters. The van der Waals surface area contributed by atoms with Gasteiger partial charge >= 0.3 is 5.97 Å². The first-order chi connectivity index (χ1) is 9.58. The van der Waals surface area contributed by atoms with E-state index in [1.165, 1.54) is 0 Å². The van der Waals surface area contributed by atoms with Crippen LogP contribution in [-0.2, 0) is 23.2 Å². The fourth-order valence-electron chi connectivity index (χ4n) is 2.20. The van der Waals surface area contributed by atoms with Crippen molar-refractivity contribution in [2.75, 3.05) is 0 Å². The van der Waals surface area contributed by atoms with Crippen LogP contribution in [0.15, 0.2) is 12.4 Å². The van der Waals surface area contributed by atoms with Gasteiger partial charge in [0.25, 0.3) is 0 Å². The Morgan fingerprint density at radius 2 is 2.10 bits per heavy atom. The van der Waals surface area contributed by atoms with Gasteiger partial charge < -0.3 is 14.6 Å². The molecule has 0 radical (unpaired) electrons. The largest absolute Gasteiger partial charge is 0.481 e. The Morgan fingerprint density at radius 1 is 1.40 bits per heavy atom. The summed E-state index contributed by atoms with van der Waals surface area (Å²) in [5.41, 5.74) is 0. The number of aryl methyl sites for hydroxylation is 1. The summed E-state index contributed by atoms with van der Waals surface area (Å²) in [6.07, 6.45) is 7.48. The predicted molar refractivity (Wildman–Crippen MR) is 72.9 cm³/mol. The summed E-state index contributed by atoms with van der Waals surface area (Å²) >= 11 is 0. The Balaban J connectivity index is 1.83. The second kappa shape index (κ2) is 6.54. The van der Waals surface area contributed by atoms with E-state index in [0.29, 0.717) is 31.8 Å². The molecule has 110 valence electrons. The summed E-state index contributed by atoms with van der Waals surface area (Å²) in [5.74, 6) is 0.196. The number of carbonyl (C=O) groups is 2. The van der Waals surface area contributed by atoms with Gasteiger partial charge in [0.05, 0.1) is 6.54 Å². The molecule has 0 bridgehead atoms. The zero-order chi connectivity index (χ0) is 14.5. The van der Waals surface area contributed by atoms with Crippen LogP contribution in [-0.4, -0.2) is 37.5 Å². The van der Waals surface area contributed by atoms with Crippen LogP contribution in [0.5, 0.6) is 0 Å². The van der Waals surface area contributed by atoms with Gasteiger partial charge in [0.1, 0.15) is 5.82 Å². The summed E-state index contributed by atoms with van der Waals surface area (Å²) in [7, 11) is 1.92. The van der Waals surface area contributed by atoms with E-state index in [0.717, 1.165) is 18.7 Å². The molecule has 2 rings (SSSR count). The highest BCUT2D eigenvalue weighted by Gasteiger charge is 2.32. The predicted octanol–water partition coefficient (Wildman–Crippen LogP) is 1.56. The summed E-state index contributed by atoms with van der Waals surface area (Å²) in [4.78, 5) is 28.8. The third-order valence-corrected chi connectivity index (χ3v) is 3.57. The molecule has 1 amide bonds. The van der Waals surface area contributed by atoms with E-state index in [4.69, 9.17) is 5.11 Å². The van der Waals surface area contributed by atoms with E-state index in [-0.39, 0.29) is 12.3 Å². The van der Waals surface area contributed by atoms with Crippen molar-refractivity contribution in [1.82, 2.24) is 14.5 Å². The number of aliphatic carboxylic acids is 1. The highest BCUT2D eigenvalue weighted by atomic mass is 16.4. The number of carbonyl (C=O) groups excluding carboxylic acids is 1. The first-order valence-electron chi connectivity index (χ1n) is 7.05. The molecular formula is C14H21N3O3. The van der Waals surface area contributed by atoms with Crippen LogP contribution in [0, 0.1) is 0 Å². The summed E-state index contributed by atoms with van der Waals surface area (Å²) in [5, 5.41) is 8.58. The summed E-state index contributed by atoms with van der Waals surface area (Å²) in [6, 6.07) is 0.346. The molecule has 1 aromatic rings. The minimum absolute atomic E-state index is 0.112. The highest BCUT2D eigenvalue weighted by molar-refractivity contribution is 5.76. The molecule has 1 N–H and O–H groups in total. The normalized spacial score (nSPS) is 14.2. The second-order valence-electron chi connectivity index (χ2n) is 5.31. The molecule has 1 fully saturated rings. The lowest BCUT2D eigenvalue weighted by Crippen LogP contribution is -2.33. The standard InChI is InChI=1S/C14H21N3O3/c1-16-9-8-15-12(16)10-17(11-6-7-11)13(18)4-2-3-5-14(19)20/h8-9,11H,2-7,10H2,1H3,(H,19,20). The lowest BCUT2D eigenvalue weighted by molar-refractivity contribution is -0.137. The van der Waals surface area contributed by atoms with Crippen LogP contribution in [0.25, 0.3) is 0 Å². The lowest BCUT2D eigenvalue weighted by atomic mass is 10.2. The van der Waals surface area contributed by atoms with Gasteiger partial charge in [-0.3, -0.25) is 9.59 Å². The number of rotatable bonds is 8. The SMILES string of the molecule is Cn1ccnc1CN(C(=O)CCCCC(=O)O)C1CC1. The van der Waals surface area contributed by atoms with Crippen LogP contribution in [0.1, 0.15) is 44.3 Å². The molecule has 20 heavy (non-hydrogen) atoms. The summed E-state index contributed by atoms with van der Waals surface area (Å²) in [6.45, 7) is 0.548. The number of nitrogens with zero attached hydrogens (tertiary/aromatic N) is 3. The van der Waals surface area contributed by atoms with Gasteiger partial charge in [-0.2, -0.15) is 0 Å². The van der Waals surface area contributed by atoms with Gasteiger partial charge in [-0.15, -0.1) is 0 Å². The highest BCUT2D eigenvalue weighted by Crippen LogP contribution is 2.29. The number of carboxylic acid groups (broad SMARTS) is 1. The van der Waals surface area contributed by atoms with E-state index in [1.54, 1.807) is 6.20 Å². The second-order valence-corrected chi connectivity index (χ2v) is 5.31. The number of hydrogen-bond donors (Lipinski definition) is 1. The average molecular weight is 279 g/mol. The quantitative estimate of drug-likeness (QED) is 0.733. The number of aromatic nitrogens is 2. The third kappa shape index (κ3) is 4.08. The van der Waals surface area contributed by atoms with Gasteiger partial charge in [0.2, 0.25) is 5.91 Å². The average Bonchev–Trinajstić information content (AvgIpc) is 3.15. The Bertz CT molecular complexity index is 480. The van der Waals surface area contributed by atoms with E-state index in [1.807, 2.05) is 22.7 Å². The van der Waals surface area contributed by atoms with Gasteiger partial charge in [0.15, 0.2) is 0 Å². The molecule has 1 saturated carbocycles. The van der Waals surface area contributed by atoms with Gasteiger partial charge in [-0.25, -0.2) is 4.98 Å². The fourth-order valence-corrected chi connectivity index (χ4v) is 2.20. The number of amides is 1. The van der Waals surface area contributed by atoms with E-state index < -0.39 is 5.97 Å². The fraction of sp³-hybridized carbons (Fsp3) is 0.643. The molecule has 1 aliphatic rings. The molecular weight excluding hydrogens is 258 g/mol. The molecule has 0 spiro atoms. The van der Waals surface area contributed by atoms with E-state index in [9.17, 15) is 9.59 Å². The molecule has 0 aromatic carbocycles. The van der Waals surface area contributed by atoms with Crippen LogP contribution in [0.2, 0.25) is 0 Å². The van der Waals surface area contributed by atoms with Crippen LogP contribution >= 0.6 is 0 Å². The molecule has 6 nitrogen and oxygen atoms in total. The van der Waals surface area contributed by atoms with Gasteiger partial charge in [0, 0.05) is 38.3 Å². The van der Waals surface area contributed by atoms with Crippen molar-refractivity contribution in [1.29, 1.82) is 0 Å². The van der Waals surface area contributed by atoms with E-state index in [2.05, 4.69) is 4.98 Å². The first-order valence-corrected chi connectivity index (χ1v) is 7.05. The molecule has 1 aromatic heterocycles. The number of carboxylic acids is 1. The maximum absolute atomic E-state index is 12.2. The van der Waals surface area contributed by atoms with Crippen molar-refractivity contribution in [3.63, 3.8) is 0 Å². The Labute approximate surface area is 118 Å². The van der Waals surface area contributed by atoms with Crippen molar-refractivity contribution in [2.24, 2.45) is 7.05 Å². The monoisotopic (exact) mass is 279 g/mol. The smallest absolute Gasteiger partial charge is 0.303 e. The molecule has 0 aliphatic heterocycles. The molecule has 0 saturated heterocycles. The van der Waals surface area contributed by atoms with Crippen LogP contribution in [0.3, 0.4) is 0 Å². The molecule has 1 aliphatic carbocycles. The minimum Gasteiger partial charge on any atom is -0.481 e. The molecule has 0 atom stereocenters. The molecule has 6 heteroatoms. The van der Waals surface area contributed by atoms with Crippen molar-refractivity contribution in [3.05, 3.63) is 18.2 Å². The van der Waals surface area contributed by atoms with Crippen LogP contribution in [0.4, 0.5) is 0 Å². The maximum Gasteiger partial charge on any atom is 0.303 e. The Morgan fingerprint density at radius 3 is 2.65 bits per heavy atom. The number of hydrogen-bond acceptors (Lipinski definition) is 3. The van der Waals surface area contributed by atoms with Crippen molar-refractivity contribution in [3.8, 4) is 0 Å². The Hall–Kier alpha value is -1.85. The maximum atomic E-state index is 12.2.